The zero-order valence-corrected chi connectivity index (χ0v) is 18.8. The molecule has 0 aromatic heterocycles. The van der Waals surface area contributed by atoms with Crippen LogP contribution in [0.4, 0.5) is 9.18 Å². The van der Waals surface area contributed by atoms with E-state index in [1.54, 1.807) is 43.3 Å². The Morgan fingerprint density at radius 1 is 0.971 bits per heavy atom. The first-order chi connectivity index (χ1) is 16.2. The largest absolute Gasteiger partial charge is 0.457 e. The predicted molar refractivity (Wildman–Crippen MR) is 124 cm³/mol. The van der Waals surface area contributed by atoms with Gasteiger partial charge in [0.05, 0.1) is 0 Å². The third-order valence-electron chi connectivity index (χ3n) is 5.67. The summed E-state index contributed by atoms with van der Waals surface area (Å²) in [5, 5.41) is 5.42. The number of halogens is 1. The molecule has 1 aliphatic rings. The van der Waals surface area contributed by atoms with Crippen LogP contribution in [0.1, 0.15) is 23.6 Å². The number of nitrogens with one attached hydrogen (secondary N) is 2. The first-order valence-electron chi connectivity index (χ1n) is 10.7. The molecule has 2 N–H and O–H groups in total. The van der Waals surface area contributed by atoms with Crippen molar-refractivity contribution in [3.05, 3.63) is 95.3 Å². The van der Waals surface area contributed by atoms with Crippen LogP contribution in [0.5, 0.6) is 11.5 Å². The summed E-state index contributed by atoms with van der Waals surface area (Å²) in [6, 6.07) is 19.4. The second-order valence-corrected chi connectivity index (χ2v) is 8.29. The number of hydrogen-bond acceptors (Lipinski definition) is 4. The van der Waals surface area contributed by atoms with Gasteiger partial charge >= 0.3 is 6.03 Å². The van der Waals surface area contributed by atoms with Gasteiger partial charge in [0, 0.05) is 6.54 Å². The van der Waals surface area contributed by atoms with E-state index in [2.05, 4.69) is 10.6 Å². The molecule has 1 fully saturated rings. The molecule has 4 rings (SSSR count). The molecule has 7 nitrogen and oxygen atoms in total. The Kier molecular flexibility index (Phi) is 6.32. The third kappa shape index (κ3) is 4.91. The van der Waals surface area contributed by atoms with E-state index in [-0.39, 0.29) is 18.9 Å². The molecule has 0 aliphatic carbocycles. The lowest BCUT2D eigenvalue weighted by atomic mass is 9.91. The van der Waals surface area contributed by atoms with Gasteiger partial charge < -0.3 is 15.4 Å². The van der Waals surface area contributed by atoms with Gasteiger partial charge in [0.1, 0.15) is 29.4 Å². The quantitative estimate of drug-likeness (QED) is 0.521. The van der Waals surface area contributed by atoms with Crippen LogP contribution in [0.3, 0.4) is 0 Å². The maximum Gasteiger partial charge on any atom is 0.325 e. The molecule has 174 valence electrons. The van der Waals surface area contributed by atoms with Crippen molar-refractivity contribution < 1.29 is 23.5 Å². The third-order valence-corrected chi connectivity index (χ3v) is 5.67. The molecular formula is C26H24FN3O4. The zero-order valence-electron chi connectivity index (χ0n) is 18.8. The highest BCUT2D eigenvalue weighted by molar-refractivity contribution is 6.09. The minimum absolute atomic E-state index is 0.217. The Labute approximate surface area is 196 Å². The Hall–Kier alpha value is -4.20. The van der Waals surface area contributed by atoms with Crippen molar-refractivity contribution in [2.75, 3.05) is 6.54 Å². The molecule has 34 heavy (non-hydrogen) atoms. The number of urea groups is 1. The summed E-state index contributed by atoms with van der Waals surface area (Å²) < 4.78 is 18.6. The van der Waals surface area contributed by atoms with E-state index in [0.29, 0.717) is 17.1 Å². The monoisotopic (exact) mass is 461 g/mol. The second-order valence-electron chi connectivity index (χ2n) is 8.29. The molecule has 4 amide bonds. The highest BCUT2D eigenvalue weighted by atomic mass is 19.1. The number of amides is 4. The Morgan fingerprint density at radius 2 is 1.56 bits per heavy atom. The Morgan fingerprint density at radius 3 is 2.18 bits per heavy atom. The predicted octanol–water partition coefficient (Wildman–Crippen LogP) is 4.01. The van der Waals surface area contributed by atoms with Crippen molar-refractivity contribution in [2.24, 2.45) is 0 Å². The van der Waals surface area contributed by atoms with E-state index in [1.807, 2.05) is 19.1 Å². The molecule has 1 saturated heterocycles. The smallest absolute Gasteiger partial charge is 0.325 e. The Balaban J connectivity index is 1.32. The molecule has 3 aromatic carbocycles. The highest BCUT2D eigenvalue weighted by Crippen LogP contribution is 2.29. The summed E-state index contributed by atoms with van der Waals surface area (Å²) in [6.07, 6.45) is 0. The zero-order chi connectivity index (χ0) is 24.3. The fourth-order valence-electron chi connectivity index (χ4n) is 3.64. The van der Waals surface area contributed by atoms with Crippen LogP contribution in [0.25, 0.3) is 0 Å². The standard InChI is InChI=1S/C26H24FN3O4/c1-17-3-7-19(8-4-17)26(2)24(32)30(25(33)29-26)16-23(31)28-15-18-5-11-21(12-6-18)34-22-13-9-20(27)10-14-22/h3-14H,15-16H2,1-2H3,(H,28,31)(H,29,33). The van der Waals surface area contributed by atoms with Gasteiger partial charge in [-0.3, -0.25) is 14.5 Å². The molecule has 1 heterocycles. The molecule has 0 saturated carbocycles. The van der Waals surface area contributed by atoms with E-state index < -0.39 is 23.4 Å². The molecule has 1 unspecified atom stereocenters. The van der Waals surface area contributed by atoms with Gasteiger partial charge in [-0.05, 0) is 61.4 Å². The van der Waals surface area contributed by atoms with Gasteiger partial charge in [-0.15, -0.1) is 0 Å². The number of imide groups is 1. The molecule has 1 atom stereocenters. The topological polar surface area (TPSA) is 87.7 Å². The average molecular weight is 461 g/mol. The second kappa shape index (κ2) is 9.35. The van der Waals surface area contributed by atoms with Crippen molar-refractivity contribution in [3.63, 3.8) is 0 Å². The summed E-state index contributed by atoms with van der Waals surface area (Å²) >= 11 is 0. The maximum absolute atomic E-state index is 13.0. The van der Waals surface area contributed by atoms with Gasteiger partial charge in [0.25, 0.3) is 5.91 Å². The molecule has 0 spiro atoms. The van der Waals surface area contributed by atoms with Gasteiger partial charge in [0.2, 0.25) is 5.91 Å². The molecule has 0 bridgehead atoms. The van der Waals surface area contributed by atoms with E-state index >= 15 is 0 Å². The number of carbonyl (C=O) groups excluding carboxylic acids is 3. The first kappa shape index (κ1) is 23.0. The number of benzene rings is 3. The van der Waals surface area contributed by atoms with Crippen LogP contribution in [0.15, 0.2) is 72.8 Å². The van der Waals surface area contributed by atoms with Crippen molar-refractivity contribution >= 4 is 17.8 Å². The van der Waals surface area contributed by atoms with Crippen LogP contribution in [0.2, 0.25) is 0 Å². The molecular weight excluding hydrogens is 437 g/mol. The van der Waals surface area contributed by atoms with E-state index in [9.17, 15) is 18.8 Å². The van der Waals surface area contributed by atoms with Crippen molar-refractivity contribution in [2.45, 2.75) is 25.9 Å². The summed E-state index contributed by atoms with van der Waals surface area (Å²) in [5.74, 6) is -0.196. The fraction of sp³-hybridized carbons (Fsp3) is 0.192. The lowest BCUT2D eigenvalue weighted by molar-refractivity contribution is -0.134. The molecule has 0 radical (unpaired) electrons. The van der Waals surface area contributed by atoms with Crippen LogP contribution in [-0.4, -0.2) is 29.3 Å². The molecule has 3 aromatic rings. The van der Waals surface area contributed by atoms with Gasteiger partial charge in [-0.25, -0.2) is 9.18 Å². The number of ether oxygens (including phenoxy) is 1. The minimum atomic E-state index is -1.22. The lowest BCUT2D eigenvalue weighted by Crippen LogP contribution is -2.43. The van der Waals surface area contributed by atoms with Crippen LogP contribution in [-0.2, 0) is 21.7 Å². The van der Waals surface area contributed by atoms with Crippen molar-refractivity contribution in [3.8, 4) is 11.5 Å². The number of nitrogens with zero attached hydrogens (tertiary/aromatic N) is 1. The number of rotatable bonds is 7. The van der Waals surface area contributed by atoms with Crippen LogP contribution < -0.4 is 15.4 Å². The molecule has 8 heteroatoms. The number of hydrogen-bond donors (Lipinski definition) is 2. The summed E-state index contributed by atoms with van der Waals surface area (Å²) in [5.41, 5.74) is 1.28. The fourth-order valence-corrected chi connectivity index (χ4v) is 3.64. The Bertz CT molecular complexity index is 1210. The molecule has 1 aliphatic heterocycles. The van der Waals surface area contributed by atoms with Gasteiger partial charge in [0.15, 0.2) is 0 Å². The maximum atomic E-state index is 13.0. The summed E-state index contributed by atoms with van der Waals surface area (Å²) in [6.45, 7) is 3.40. The van der Waals surface area contributed by atoms with E-state index in [0.717, 1.165) is 16.0 Å². The minimum Gasteiger partial charge on any atom is -0.457 e. The summed E-state index contributed by atoms with van der Waals surface area (Å²) in [7, 11) is 0. The normalized spacial score (nSPS) is 17.4. The lowest BCUT2D eigenvalue weighted by Gasteiger charge is -2.22. The summed E-state index contributed by atoms with van der Waals surface area (Å²) in [4.78, 5) is 38.8. The highest BCUT2D eigenvalue weighted by Gasteiger charge is 2.49. The first-order valence-corrected chi connectivity index (χ1v) is 10.7. The van der Waals surface area contributed by atoms with E-state index in [4.69, 9.17) is 4.74 Å². The number of carbonyl (C=O) groups is 3. The average Bonchev–Trinajstić information content (AvgIpc) is 3.04. The van der Waals surface area contributed by atoms with Gasteiger partial charge in [-0.2, -0.15) is 0 Å². The van der Waals surface area contributed by atoms with Crippen molar-refractivity contribution in [1.29, 1.82) is 0 Å². The SMILES string of the molecule is Cc1ccc(C2(C)NC(=O)N(CC(=O)NCc3ccc(Oc4ccc(F)cc4)cc3)C2=O)cc1. The van der Waals surface area contributed by atoms with E-state index in [1.165, 1.54) is 24.3 Å². The van der Waals surface area contributed by atoms with Crippen LogP contribution >= 0.6 is 0 Å². The van der Waals surface area contributed by atoms with Crippen molar-refractivity contribution in [1.82, 2.24) is 15.5 Å². The van der Waals surface area contributed by atoms with Gasteiger partial charge in [-0.1, -0.05) is 42.0 Å². The van der Waals surface area contributed by atoms with Crippen LogP contribution in [0, 0.1) is 12.7 Å². The number of aryl methyl sites for hydroxylation is 1.